The number of aromatic nitrogens is 4. The van der Waals surface area contributed by atoms with E-state index in [0.717, 1.165) is 16.8 Å². The molecule has 12 nitrogen and oxygen atoms in total. The summed E-state index contributed by atoms with van der Waals surface area (Å²) < 4.78 is 17.3. The maximum atomic E-state index is 11.9. The van der Waals surface area contributed by atoms with Crippen LogP contribution in [0.4, 0.5) is 11.4 Å². The molecule has 1 aliphatic rings. The Kier molecular flexibility index (Phi) is 6.94. The van der Waals surface area contributed by atoms with E-state index in [0.29, 0.717) is 17.1 Å². The minimum atomic E-state index is -1.36. The highest BCUT2D eigenvalue weighted by Gasteiger charge is 2.54. The number of nitro benzene ring substituents is 1. The first-order valence-corrected chi connectivity index (χ1v) is 11.4. The molecule has 2 heterocycles. The van der Waals surface area contributed by atoms with Gasteiger partial charge < -0.3 is 24.2 Å². The molecule has 0 saturated heterocycles. The summed E-state index contributed by atoms with van der Waals surface area (Å²) in [6.45, 7) is 5.83. The SMILES string of the molecule is COC(OC)[C@@]1(C)Oc2ccc([N+](=O)[O-])cc2[C@H](N(Cc2nnn(C)n2)c2cccc(C)c2C)[C@H]1O. The lowest BCUT2D eigenvalue weighted by Crippen LogP contribution is -2.62. The Morgan fingerprint density at radius 1 is 1.28 bits per heavy atom. The van der Waals surface area contributed by atoms with Gasteiger partial charge in [0.05, 0.1) is 24.6 Å². The molecular formula is C24H30N6O6. The normalized spacial score (nSPS) is 21.2. The van der Waals surface area contributed by atoms with Gasteiger partial charge in [-0.2, -0.15) is 4.80 Å². The predicted octanol–water partition coefficient (Wildman–Crippen LogP) is 2.61. The van der Waals surface area contributed by atoms with Crippen LogP contribution in [0.1, 0.15) is 35.5 Å². The maximum absolute atomic E-state index is 11.9. The van der Waals surface area contributed by atoms with Crippen molar-refractivity contribution >= 4 is 11.4 Å². The largest absolute Gasteiger partial charge is 0.479 e. The molecule has 0 radical (unpaired) electrons. The van der Waals surface area contributed by atoms with E-state index in [1.807, 2.05) is 36.9 Å². The van der Waals surface area contributed by atoms with Crippen LogP contribution >= 0.6 is 0 Å². The molecule has 12 heteroatoms. The standard InChI is InChI=1S/C24H30N6O6/c1-14-8-7-9-18(15(14)2)29(13-20-25-27-28(4)26-20)21-17-12-16(30(32)33)10-11-19(17)36-24(3,22(21)31)23(34-5)35-6/h7-12,21-23,31H,13H2,1-6H3/t21-,22+,24-/m0/s1. The van der Waals surface area contributed by atoms with Crippen LogP contribution in [0, 0.1) is 24.0 Å². The molecular weight excluding hydrogens is 468 g/mol. The molecule has 36 heavy (non-hydrogen) atoms. The van der Waals surface area contributed by atoms with Crippen molar-refractivity contribution in [3.63, 3.8) is 0 Å². The predicted molar refractivity (Wildman–Crippen MR) is 130 cm³/mol. The Bertz CT molecular complexity index is 1260. The van der Waals surface area contributed by atoms with E-state index in [2.05, 4.69) is 15.4 Å². The summed E-state index contributed by atoms with van der Waals surface area (Å²) >= 11 is 0. The number of hydrogen-bond donors (Lipinski definition) is 1. The van der Waals surface area contributed by atoms with Crippen molar-refractivity contribution in [2.45, 2.75) is 51.4 Å². The van der Waals surface area contributed by atoms with Crippen LogP contribution in [-0.2, 0) is 23.1 Å². The number of aliphatic hydroxyl groups excluding tert-OH is 1. The third-order valence-corrected chi connectivity index (χ3v) is 6.72. The third kappa shape index (κ3) is 4.38. The van der Waals surface area contributed by atoms with E-state index in [4.69, 9.17) is 14.2 Å². The molecule has 1 N–H and O–H groups in total. The number of tetrazole rings is 1. The van der Waals surface area contributed by atoms with Crippen LogP contribution < -0.4 is 9.64 Å². The number of aryl methyl sites for hydroxylation is 2. The van der Waals surface area contributed by atoms with Gasteiger partial charge in [0, 0.05) is 37.6 Å². The van der Waals surface area contributed by atoms with Crippen LogP contribution in [0.2, 0.25) is 0 Å². The van der Waals surface area contributed by atoms with Crippen molar-refractivity contribution in [3.8, 4) is 5.75 Å². The lowest BCUT2D eigenvalue weighted by molar-refractivity contribution is -0.385. The first-order chi connectivity index (χ1) is 17.1. The number of ether oxygens (including phenoxy) is 3. The van der Waals surface area contributed by atoms with Crippen molar-refractivity contribution < 1.29 is 24.2 Å². The van der Waals surface area contributed by atoms with Crippen LogP contribution in [0.25, 0.3) is 0 Å². The first kappa shape index (κ1) is 25.5. The van der Waals surface area contributed by atoms with Crippen LogP contribution in [0.5, 0.6) is 5.75 Å². The zero-order valence-electron chi connectivity index (χ0n) is 21.1. The number of aliphatic hydroxyl groups is 1. The van der Waals surface area contributed by atoms with Crippen molar-refractivity contribution in [1.82, 2.24) is 20.2 Å². The molecule has 0 bridgehead atoms. The number of nitro groups is 1. The molecule has 0 amide bonds. The zero-order chi connectivity index (χ0) is 26.2. The quantitative estimate of drug-likeness (QED) is 0.280. The molecule has 0 aliphatic carbocycles. The van der Waals surface area contributed by atoms with Gasteiger partial charge in [0.1, 0.15) is 11.9 Å². The lowest BCUT2D eigenvalue weighted by Gasteiger charge is -2.50. The van der Waals surface area contributed by atoms with Crippen molar-refractivity contribution in [2.75, 3.05) is 19.1 Å². The second kappa shape index (κ2) is 9.80. The molecule has 1 aromatic heterocycles. The second-order valence-electron chi connectivity index (χ2n) is 9.00. The van der Waals surface area contributed by atoms with Gasteiger partial charge >= 0.3 is 0 Å². The summed E-state index contributed by atoms with van der Waals surface area (Å²) in [7, 11) is 4.59. The van der Waals surface area contributed by atoms with Gasteiger partial charge in [-0.05, 0) is 49.2 Å². The van der Waals surface area contributed by atoms with E-state index in [-0.39, 0.29) is 12.2 Å². The van der Waals surface area contributed by atoms with Gasteiger partial charge in [-0.1, -0.05) is 12.1 Å². The molecule has 2 aromatic carbocycles. The number of nitrogens with zero attached hydrogens (tertiary/aromatic N) is 6. The van der Waals surface area contributed by atoms with Crippen molar-refractivity contribution in [2.24, 2.45) is 7.05 Å². The highest BCUT2D eigenvalue weighted by atomic mass is 16.7. The van der Waals surface area contributed by atoms with Crippen LogP contribution in [0.3, 0.4) is 0 Å². The first-order valence-electron chi connectivity index (χ1n) is 11.4. The number of rotatable bonds is 8. The number of hydrogen-bond acceptors (Lipinski definition) is 10. The summed E-state index contributed by atoms with van der Waals surface area (Å²) in [5, 5.41) is 36.0. The number of non-ortho nitro benzene ring substituents is 1. The third-order valence-electron chi connectivity index (χ3n) is 6.72. The number of anilines is 1. The molecule has 192 valence electrons. The van der Waals surface area contributed by atoms with Gasteiger partial charge in [-0.15, -0.1) is 10.2 Å². The number of benzene rings is 2. The van der Waals surface area contributed by atoms with Gasteiger partial charge in [-0.3, -0.25) is 10.1 Å². The van der Waals surface area contributed by atoms with Gasteiger partial charge in [0.15, 0.2) is 17.7 Å². The van der Waals surface area contributed by atoms with Gasteiger partial charge in [-0.25, -0.2) is 0 Å². The smallest absolute Gasteiger partial charge is 0.270 e. The fraction of sp³-hybridized carbons (Fsp3) is 0.458. The lowest BCUT2D eigenvalue weighted by atomic mass is 9.83. The summed E-state index contributed by atoms with van der Waals surface area (Å²) in [5.74, 6) is 0.792. The Morgan fingerprint density at radius 2 is 2.00 bits per heavy atom. The summed E-state index contributed by atoms with van der Waals surface area (Å²) in [6.07, 6.45) is -2.18. The summed E-state index contributed by atoms with van der Waals surface area (Å²) in [5.41, 5.74) is 1.79. The Labute approximate surface area is 208 Å². The molecule has 0 unspecified atom stereocenters. The molecule has 3 aromatic rings. The number of methoxy groups -OCH3 is 2. The van der Waals surface area contributed by atoms with Gasteiger partial charge in [0.25, 0.3) is 5.69 Å². The number of fused-ring (bicyclic) bond motifs is 1. The van der Waals surface area contributed by atoms with Crippen LogP contribution in [0.15, 0.2) is 36.4 Å². The van der Waals surface area contributed by atoms with E-state index in [1.165, 1.54) is 37.2 Å². The van der Waals surface area contributed by atoms with E-state index in [1.54, 1.807) is 14.0 Å². The highest BCUT2D eigenvalue weighted by molar-refractivity contribution is 5.60. The van der Waals surface area contributed by atoms with E-state index in [9.17, 15) is 15.2 Å². The molecule has 3 atom stereocenters. The Balaban J connectivity index is 1.97. The molecule has 4 rings (SSSR count). The fourth-order valence-corrected chi connectivity index (χ4v) is 4.76. The highest BCUT2D eigenvalue weighted by Crippen LogP contribution is 2.48. The molecule has 1 aliphatic heterocycles. The summed E-state index contributed by atoms with van der Waals surface area (Å²) in [6, 6.07) is 9.37. The summed E-state index contributed by atoms with van der Waals surface area (Å²) in [4.78, 5) is 14.5. The van der Waals surface area contributed by atoms with E-state index >= 15 is 0 Å². The van der Waals surface area contributed by atoms with Crippen LogP contribution in [-0.4, -0.2) is 62.5 Å². The molecule has 0 fully saturated rings. The molecule has 0 spiro atoms. The van der Waals surface area contributed by atoms with E-state index < -0.39 is 29.0 Å². The maximum Gasteiger partial charge on any atom is 0.270 e. The topological polar surface area (TPSA) is 138 Å². The monoisotopic (exact) mass is 498 g/mol. The fourth-order valence-electron chi connectivity index (χ4n) is 4.76. The Hall–Kier alpha value is -3.61. The van der Waals surface area contributed by atoms with Gasteiger partial charge in [0.2, 0.25) is 0 Å². The average Bonchev–Trinajstić information content (AvgIpc) is 3.26. The second-order valence-corrected chi connectivity index (χ2v) is 9.00. The molecule has 0 saturated carbocycles. The Morgan fingerprint density at radius 3 is 2.61 bits per heavy atom. The minimum Gasteiger partial charge on any atom is -0.479 e. The van der Waals surface area contributed by atoms with Crippen molar-refractivity contribution in [3.05, 3.63) is 69.0 Å². The van der Waals surface area contributed by atoms with Crippen molar-refractivity contribution in [1.29, 1.82) is 0 Å². The minimum absolute atomic E-state index is 0.119. The average molecular weight is 499 g/mol. The zero-order valence-corrected chi connectivity index (χ0v) is 21.1.